The van der Waals surface area contributed by atoms with Crippen LogP contribution in [0.5, 0.6) is 5.88 Å². The summed E-state index contributed by atoms with van der Waals surface area (Å²) in [5.74, 6) is 0.183. The van der Waals surface area contributed by atoms with Gasteiger partial charge in [0.2, 0.25) is 5.88 Å². The van der Waals surface area contributed by atoms with Gasteiger partial charge in [-0.3, -0.25) is 0 Å². The third-order valence-corrected chi connectivity index (χ3v) is 3.78. The van der Waals surface area contributed by atoms with E-state index < -0.39 is 0 Å². The summed E-state index contributed by atoms with van der Waals surface area (Å²) in [6.45, 7) is 2.67. The highest BCUT2D eigenvalue weighted by Crippen LogP contribution is 2.30. The van der Waals surface area contributed by atoms with Gasteiger partial charge in [0.15, 0.2) is 0 Å². The van der Waals surface area contributed by atoms with Crippen molar-refractivity contribution < 1.29 is 14.3 Å². The smallest absolute Gasteiger partial charge is 0.350 e. The van der Waals surface area contributed by atoms with E-state index in [1.807, 2.05) is 6.07 Å². The van der Waals surface area contributed by atoms with E-state index >= 15 is 0 Å². The number of thiophene rings is 1. The summed E-state index contributed by atoms with van der Waals surface area (Å²) in [7, 11) is 1.57. The second-order valence-electron chi connectivity index (χ2n) is 4.18. The first-order valence-corrected chi connectivity index (χ1v) is 7.25. The van der Waals surface area contributed by atoms with E-state index in [2.05, 4.69) is 10.3 Å². The zero-order valence-electron chi connectivity index (χ0n) is 11.9. The fourth-order valence-electron chi connectivity index (χ4n) is 1.67. The van der Waals surface area contributed by atoms with Gasteiger partial charge in [0.25, 0.3) is 0 Å². The summed E-state index contributed by atoms with van der Waals surface area (Å²) in [6.07, 6.45) is 1.73. The van der Waals surface area contributed by atoms with Crippen molar-refractivity contribution in [2.75, 3.05) is 24.8 Å². The average Bonchev–Trinajstić information content (AvgIpc) is 2.87. The largest absolute Gasteiger partial charge is 0.481 e. The zero-order chi connectivity index (χ0) is 15.2. The Morgan fingerprint density at radius 2 is 2.29 bits per heavy atom. The molecule has 0 fully saturated rings. The first kappa shape index (κ1) is 15.1. The molecule has 2 heterocycles. The molecule has 0 spiro atoms. The number of methoxy groups -OCH3 is 1. The molecular formula is C14H17N3O3S. The monoisotopic (exact) mass is 307 g/mol. The lowest BCUT2D eigenvalue weighted by Crippen LogP contribution is -2.04. The van der Waals surface area contributed by atoms with Gasteiger partial charge in [-0.05, 0) is 18.6 Å². The second-order valence-corrected chi connectivity index (χ2v) is 5.23. The molecule has 0 aliphatic rings. The van der Waals surface area contributed by atoms with Crippen LogP contribution in [0.4, 0.5) is 10.7 Å². The Kier molecular flexibility index (Phi) is 4.99. The lowest BCUT2D eigenvalue weighted by Gasteiger charge is -2.04. The third-order valence-electron chi connectivity index (χ3n) is 2.70. The maximum absolute atomic E-state index is 11.7. The van der Waals surface area contributed by atoms with E-state index in [1.165, 1.54) is 11.3 Å². The molecule has 112 valence electrons. The van der Waals surface area contributed by atoms with Gasteiger partial charge < -0.3 is 20.5 Å². The average molecular weight is 307 g/mol. The number of pyridine rings is 1. The van der Waals surface area contributed by atoms with Gasteiger partial charge in [0.05, 0.1) is 24.4 Å². The summed E-state index contributed by atoms with van der Waals surface area (Å²) in [5.41, 5.74) is 7.25. The highest BCUT2D eigenvalue weighted by molar-refractivity contribution is 7.18. The van der Waals surface area contributed by atoms with Crippen LogP contribution < -0.4 is 15.8 Å². The molecule has 2 rings (SSSR count). The van der Waals surface area contributed by atoms with Crippen LogP contribution in [-0.4, -0.2) is 24.7 Å². The zero-order valence-corrected chi connectivity index (χ0v) is 12.7. The Bertz CT molecular complexity index is 610. The van der Waals surface area contributed by atoms with Crippen LogP contribution in [0.2, 0.25) is 0 Å². The number of hydrogen-bond acceptors (Lipinski definition) is 7. The van der Waals surface area contributed by atoms with E-state index in [0.29, 0.717) is 29.6 Å². The Hall–Kier alpha value is -2.28. The number of esters is 1. The quantitative estimate of drug-likeness (QED) is 0.798. The molecule has 2 aromatic rings. The van der Waals surface area contributed by atoms with Crippen molar-refractivity contribution in [1.29, 1.82) is 0 Å². The number of rotatable bonds is 6. The number of carbonyl (C=O) groups excluding carboxylic acids is 1. The van der Waals surface area contributed by atoms with Gasteiger partial charge in [-0.1, -0.05) is 6.07 Å². The third kappa shape index (κ3) is 3.85. The molecule has 0 radical (unpaired) electrons. The summed E-state index contributed by atoms with van der Waals surface area (Å²) in [6, 6.07) is 5.44. The standard InChI is InChI=1S/C14H17N3O3S/c1-3-20-14(18)13-10(15)6-12(21-13)17-8-9-4-5-11(19-2)16-7-9/h4-7,17H,3,8,15H2,1-2H3. The molecule has 0 aromatic carbocycles. The van der Waals surface area contributed by atoms with Gasteiger partial charge in [-0.25, -0.2) is 9.78 Å². The molecule has 0 saturated carbocycles. The molecule has 0 aliphatic carbocycles. The van der Waals surface area contributed by atoms with Crippen LogP contribution in [0.1, 0.15) is 22.2 Å². The molecule has 0 atom stereocenters. The molecular weight excluding hydrogens is 290 g/mol. The lowest BCUT2D eigenvalue weighted by atomic mass is 10.3. The number of nitrogens with one attached hydrogen (secondary N) is 1. The molecule has 3 N–H and O–H groups in total. The molecule has 0 unspecified atom stereocenters. The minimum absolute atomic E-state index is 0.330. The fourth-order valence-corrected chi connectivity index (χ4v) is 2.54. The van der Waals surface area contributed by atoms with Gasteiger partial charge in [0.1, 0.15) is 4.88 Å². The maximum atomic E-state index is 11.7. The second kappa shape index (κ2) is 6.94. The molecule has 0 aliphatic heterocycles. The topological polar surface area (TPSA) is 86.5 Å². The number of anilines is 2. The minimum Gasteiger partial charge on any atom is -0.481 e. The van der Waals surface area contributed by atoms with Crippen LogP contribution >= 0.6 is 11.3 Å². The van der Waals surface area contributed by atoms with Crippen LogP contribution in [0.15, 0.2) is 24.4 Å². The van der Waals surface area contributed by atoms with Gasteiger partial charge >= 0.3 is 5.97 Å². The Balaban J connectivity index is 1.99. The van der Waals surface area contributed by atoms with E-state index in [9.17, 15) is 4.79 Å². The molecule has 0 bridgehead atoms. The van der Waals surface area contributed by atoms with E-state index in [4.69, 9.17) is 15.2 Å². The number of nitrogens with two attached hydrogens (primary N) is 1. The minimum atomic E-state index is -0.390. The Morgan fingerprint density at radius 1 is 1.48 bits per heavy atom. The van der Waals surface area contributed by atoms with Crippen LogP contribution in [0, 0.1) is 0 Å². The predicted octanol–water partition coefficient (Wildman–Crippen LogP) is 2.52. The maximum Gasteiger partial charge on any atom is 0.350 e. The fraction of sp³-hybridized carbons (Fsp3) is 0.286. The number of nitrogen functional groups attached to an aromatic ring is 1. The SMILES string of the molecule is CCOC(=O)c1sc(NCc2ccc(OC)nc2)cc1N. The highest BCUT2D eigenvalue weighted by Gasteiger charge is 2.15. The number of nitrogens with zero attached hydrogens (tertiary/aromatic N) is 1. The van der Waals surface area contributed by atoms with Crippen molar-refractivity contribution in [3.8, 4) is 5.88 Å². The summed E-state index contributed by atoms with van der Waals surface area (Å²) >= 11 is 1.28. The van der Waals surface area contributed by atoms with Crippen molar-refractivity contribution in [2.45, 2.75) is 13.5 Å². The number of carbonyl (C=O) groups is 1. The van der Waals surface area contributed by atoms with E-state index in [1.54, 1.807) is 32.4 Å². The molecule has 21 heavy (non-hydrogen) atoms. The predicted molar refractivity (Wildman–Crippen MR) is 82.8 cm³/mol. The van der Waals surface area contributed by atoms with Crippen molar-refractivity contribution in [1.82, 2.24) is 4.98 Å². The van der Waals surface area contributed by atoms with Crippen LogP contribution in [0.3, 0.4) is 0 Å². The Labute approximate surface area is 126 Å². The highest BCUT2D eigenvalue weighted by atomic mass is 32.1. The van der Waals surface area contributed by atoms with Crippen LogP contribution in [-0.2, 0) is 11.3 Å². The molecule has 6 nitrogen and oxygen atoms in total. The summed E-state index contributed by atoms with van der Waals surface area (Å²) in [4.78, 5) is 16.2. The lowest BCUT2D eigenvalue weighted by molar-refractivity contribution is 0.0533. The first-order valence-electron chi connectivity index (χ1n) is 6.43. The van der Waals surface area contributed by atoms with Crippen LogP contribution in [0.25, 0.3) is 0 Å². The van der Waals surface area contributed by atoms with E-state index in [-0.39, 0.29) is 5.97 Å². The molecule has 2 aromatic heterocycles. The number of ether oxygens (including phenoxy) is 2. The van der Waals surface area contributed by atoms with E-state index in [0.717, 1.165) is 10.6 Å². The van der Waals surface area contributed by atoms with Crippen molar-refractivity contribution in [3.63, 3.8) is 0 Å². The Morgan fingerprint density at radius 3 is 2.90 bits per heavy atom. The normalized spacial score (nSPS) is 10.2. The molecule has 0 saturated heterocycles. The first-order chi connectivity index (χ1) is 10.1. The van der Waals surface area contributed by atoms with Gasteiger partial charge in [-0.2, -0.15) is 0 Å². The number of hydrogen-bond donors (Lipinski definition) is 2. The summed E-state index contributed by atoms with van der Waals surface area (Å²) < 4.78 is 9.95. The van der Waals surface area contributed by atoms with Gasteiger partial charge in [-0.15, -0.1) is 11.3 Å². The molecule has 7 heteroatoms. The van der Waals surface area contributed by atoms with Crippen molar-refractivity contribution in [2.24, 2.45) is 0 Å². The van der Waals surface area contributed by atoms with Crippen molar-refractivity contribution in [3.05, 3.63) is 34.8 Å². The van der Waals surface area contributed by atoms with Gasteiger partial charge in [0, 0.05) is 18.8 Å². The molecule has 0 amide bonds. The van der Waals surface area contributed by atoms with Crippen molar-refractivity contribution >= 4 is 28.0 Å². The summed E-state index contributed by atoms with van der Waals surface area (Å²) in [5, 5.41) is 4.02. The number of aromatic nitrogens is 1.